The van der Waals surface area contributed by atoms with Gasteiger partial charge in [-0.15, -0.1) is 0 Å². The van der Waals surface area contributed by atoms with E-state index < -0.39 is 15.9 Å². The van der Waals surface area contributed by atoms with Gasteiger partial charge in [-0.2, -0.15) is 0 Å². The molecule has 0 aliphatic heterocycles. The molecule has 2 rings (SSSR count). The Morgan fingerprint density at radius 1 is 1.00 bits per heavy atom. The monoisotopic (exact) mass is 346 g/mol. The summed E-state index contributed by atoms with van der Waals surface area (Å²) in [5.41, 5.74) is 6.02. The average Bonchev–Trinajstić information content (AvgIpc) is 2.55. The highest BCUT2D eigenvalue weighted by Crippen LogP contribution is 2.24. The van der Waals surface area contributed by atoms with Gasteiger partial charge in [-0.3, -0.25) is 13.9 Å². The minimum absolute atomic E-state index is 0.0424. The molecule has 7 heteroatoms. The van der Waals surface area contributed by atoms with Crippen LogP contribution in [0, 0.1) is 0 Å². The Hall–Kier alpha value is -2.67. The lowest BCUT2D eigenvalue weighted by Crippen LogP contribution is -2.34. The standard InChI is InChI=1S/C17H18N2O4S/c1-13(20)14-7-9-16(10-8-14)24(22,23)19(12-11-17(18)21)15-5-3-2-4-6-15/h2-10H,11-12H2,1H3,(H2,18,21). The SMILES string of the molecule is CC(=O)c1ccc(S(=O)(=O)N(CCC(N)=O)c2ccccc2)cc1. The Balaban J connectivity index is 2.42. The maximum atomic E-state index is 12.9. The van der Waals surface area contributed by atoms with Gasteiger partial charge in [0, 0.05) is 18.5 Å². The zero-order valence-corrected chi connectivity index (χ0v) is 14.0. The Bertz CT molecular complexity index is 831. The Morgan fingerprint density at radius 3 is 2.08 bits per heavy atom. The molecule has 0 spiro atoms. The largest absolute Gasteiger partial charge is 0.370 e. The molecule has 0 unspecified atom stereocenters. The molecule has 1 amide bonds. The van der Waals surface area contributed by atoms with Crippen LogP contribution in [-0.2, 0) is 14.8 Å². The van der Waals surface area contributed by atoms with Crippen LogP contribution in [0.3, 0.4) is 0 Å². The number of nitrogens with zero attached hydrogens (tertiary/aromatic N) is 1. The zero-order valence-electron chi connectivity index (χ0n) is 13.2. The summed E-state index contributed by atoms with van der Waals surface area (Å²) in [4.78, 5) is 22.5. The fourth-order valence-electron chi connectivity index (χ4n) is 2.18. The fraction of sp³-hybridized carbons (Fsp3) is 0.176. The van der Waals surface area contributed by atoms with Crippen LogP contribution < -0.4 is 10.0 Å². The molecule has 126 valence electrons. The molecule has 2 aromatic rings. The second-order valence-electron chi connectivity index (χ2n) is 5.21. The number of amides is 1. The van der Waals surface area contributed by atoms with Crippen molar-refractivity contribution in [1.29, 1.82) is 0 Å². The molecule has 0 bridgehead atoms. The maximum absolute atomic E-state index is 12.9. The minimum atomic E-state index is -3.88. The second kappa shape index (κ2) is 7.27. The first-order valence-electron chi connectivity index (χ1n) is 7.29. The molecule has 0 fully saturated rings. The quantitative estimate of drug-likeness (QED) is 0.775. The Kier molecular flexibility index (Phi) is 5.35. The van der Waals surface area contributed by atoms with Gasteiger partial charge in [-0.05, 0) is 31.2 Å². The molecule has 0 radical (unpaired) electrons. The zero-order chi connectivity index (χ0) is 17.7. The van der Waals surface area contributed by atoms with E-state index in [1.807, 2.05) is 0 Å². The number of para-hydroxylation sites is 1. The van der Waals surface area contributed by atoms with Gasteiger partial charge in [0.2, 0.25) is 5.91 Å². The van der Waals surface area contributed by atoms with Gasteiger partial charge in [0.25, 0.3) is 10.0 Å². The number of Topliss-reactive ketones (excluding diaryl/α,β-unsaturated/α-hetero) is 1. The molecule has 0 saturated carbocycles. The third-order valence-corrected chi connectivity index (χ3v) is 5.30. The third-order valence-electron chi connectivity index (χ3n) is 3.45. The lowest BCUT2D eigenvalue weighted by atomic mass is 10.2. The van der Waals surface area contributed by atoms with Gasteiger partial charge < -0.3 is 5.73 Å². The summed E-state index contributed by atoms with van der Waals surface area (Å²) in [6.45, 7) is 1.35. The van der Waals surface area contributed by atoms with Crippen molar-refractivity contribution in [3.63, 3.8) is 0 Å². The van der Waals surface area contributed by atoms with E-state index in [2.05, 4.69) is 0 Å². The van der Waals surface area contributed by atoms with Crippen molar-refractivity contribution in [1.82, 2.24) is 0 Å². The van der Waals surface area contributed by atoms with Crippen LogP contribution in [0.25, 0.3) is 0 Å². The number of carbonyl (C=O) groups excluding carboxylic acids is 2. The molecule has 0 aliphatic rings. The minimum Gasteiger partial charge on any atom is -0.370 e. The van der Waals surface area contributed by atoms with E-state index in [0.717, 1.165) is 4.31 Å². The van der Waals surface area contributed by atoms with Crippen LogP contribution in [0.1, 0.15) is 23.7 Å². The topological polar surface area (TPSA) is 97.5 Å². The molecule has 0 saturated heterocycles. The van der Waals surface area contributed by atoms with Crippen LogP contribution in [0.4, 0.5) is 5.69 Å². The molecular formula is C17H18N2O4S. The van der Waals surface area contributed by atoms with Gasteiger partial charge in [0.15, 0.2) is 5.78 Å². The van der Waals surface area contributed by atoms with E-state index in [1.165, 1.54) is 31.2 Å². The second-order valence-corrected chi connectivity index (χ2v) is 7.07. The number of carbonyl (C=O) groups is 2. The predicted molar refractivity (Wildman–Crippen MR) is 91.2 cm³/mol. The third kappa shape index (κ3) is 3.99. The number of primary amides is 1. The highest BCUT2D eigenvalue weighted by molar-refractivity contribution is 7.92. The van der Waals surface area contributed by atoms with E-state index in [9.17, 15) is 18.0 Å². The van der Waals surface area contributed by atoms with Crippen molar-refractivity contribution in [2.75, 3.05) is 10.8 Å². The molecule has 0 heterocycles. The number of nitrogens with two attached hydrogens (primary N) is 1. The number of hydrogen-bond acceptors (Lipinski definition) is 4. The first-order chi connectivity index (χ1) is 11.3. The fourth-order valence-corrected chi connectivity index (χ4v) is 3.65. The lowest BCUT2D eigenvalue weighted by molar-refractivity contribution is -0.117. The highest BCUT2D eigenvalue weighted by atomic mass is 32.2. The van der Waals surface area contributed by atoms with E-state index in [4.69, 9.17) is 5.73 Å². The first kappa shape index (κ1) is 17.7. The molecule has 0 atom stereocenters. The van der Waals surface area contributed by atoms with Crippen LogP contribution in [0.15, 0.2) is 59.5 Å². The number of benzene rings is 2. The summed E-state index contributed by atoms with van der Waals surface area (Å²) in [6, 6.07) is 14.2. The van der Waals surface area contributed by atoms with Gasteiger partial charge >= 0.3 is 0 Å². The van der Waals surface area contributed by atoms with Crippen molar-refractivity contribution >= 4 is 27.4 Å². The average molecular weight is 346 g/mol. The summed E-state index contributed by atoms with van der Waals surface area (Å²) in [7, 11) is -3.88. The first-order valence-corrected chi connectivity index (χ1v) is 8.73. The number of hydrogen-bond donors (Lipinski definition) is 1. The van der Waals surface area contributed by atoms with Crippen LogP contribution in [-0.4, -0.2) is 26.7 Å². The number of rotatable bonds is 7. The van der Waals surface area contributed by atoms with Gasteiger partial charge in [-0.25, -0.2) is 8.42 Å². The predicted octanol–water partition coefficient (Wildman–Crippen LogP) is 1.96. The van der Waals surface area contributed by atoms with Crippen molar-refractivity contribution in [2.45, 2.75) is 18.2 Å². The molecule has 0 aliphatic carbocycles. The summed E-state index contributed by atoms with van der Waals surface area (Å²) < 4.78 is 27.0. The molecule has 6 nitrogen and oxygen atoms in total. The highest BCUT2D eigenvalue weighted by Gasteiger charge is 2.25. The Labute approximate surface area is 140 Å². The van der Waals surface area contributed by atoms with Gasteiger partial charge in [0.05, 0.1) is 10.6 Å². The lowest BCUT2D eigenvalue weighted by Gasteiger charge is -2.24. The summed E-state index contributed by atoms with van der Waals surface area (Å²) in [6.07, 6.45) is -0.0976. The van der Waals surface area contributed by atoms with Crippen molar-refractivity contribution < 1.29 is 18.0 Å². The number of sulfonamides is 1. The van der Waals surface area contributed by atoms with E-state index in [1.54, 1.807) is 30.3 Å². The van der Waals surface area contributed by atoms with Crippen LogP contribution in [0.2, 0.25) is 0 Å². The molecular weight excluding hydrogens is 328 g/mol. The van der Waals surface area contributed by atoms with E-state index in [-0.39, 0.29) is 23.6 Å². The molecule has 2 N–H and O–H groups in total. The van der Waals surface area contributed by atoms with Crippen molar-refractivity contribution in [3.05, 3.63) is 60.2 Å². The van der Waals surface area contributed by atoms with E-state index >= 15 is 0 Å². The number of anilines is 1. The van der Waals surface area contributed by atoms with Crippen molar-refractivity contribution in [2.24, 2.45) is 5.73 Å². The van der Waals surface area contributed by atoms with E-state index in [0.29, 0.717) is 11.3 Å². The Morgan fingerprint density at radius 2 is 1.58 bits per heavy atom. The summed E-state index contributed by atoms with van der Waals surface area (Å²) >= 11 is 0. The summed E-state index contributed by atoms with van der Waals surface area (Å²) in [5, 5.41) is 0. The molecule has 24 heavy (non-hydrogen) atoms. The smallest absolute Gasteiger partial charge is 0.264 e. The normalized spacial score (nSPS) is 11.0. The molecule has 2 aromatic carbocycles. The number of ketones is 1. The van der Waals surface area contributed by atoms with Crippen LogP contribution in [0.5, 0.6) is 0 Å². The maximum Gasteiger partial charge on any atom is 0.264 e. The van der Waals surface area contributed by atoms with Crippen LogP contribution >= 0.6 is 0 Å². The van der Waals surface area contributed by atoms with Gasteiger partial charge in [0.1, 0.15) is 0 Å². The summed E-state index contributed by atoms with van der Waals surface area (Å²) in [5.74, 6) is -0.731. The van der Waals surface area contributed by atoms with Crippen molar-refractivity contribution in [3.8, 4) is 0 Å². The van der Waals surface area contributed by atoms with Gasteiger partial charge in [-0.1, -0.05) is 30.3 Å². The molecule has 0 aromatic heterocycles.